The molecule has 0 radical (unpaired) electrons. The number of nitrogens with one attached hydrogen (secondary N) is 1. The lowest BCUT2D eigenvalue weighted by atomic mass is 10.1. The van der Waals surface area contributed by atoms with Crippen molar-refractivity contribution in [1.82, 2.24) is 4.90 Å². The van der Waals surface area contributed by atoms with E-state index in [9.17, 15) is 14.4 Å². The first-order valence-electron chi connectivity index (χ1n) is 10.8. The van der Waals surface area contributed by atoms with Gasteiger partial charge in [-0.2, -0.15) is 0 Å². The molecule has 0 aromatic heterocycles. The van der Waals surface area contributed by atoms with E-state index in [4.69, 9.17) is 16.3 Å². The molecule has 1 fully saturated rings. The summed E-state index contributed by atoms with van der Waals surface area (Å²) in [6, 6.07) is 21.3. The molecule has 34 heavy (non-hydrogen) atoms. The molecular formula is C26H23ClN2O4S. The number of hydrogen-bond acceptors (Lipinski definition) is 5. The number of ether oxygens (including phenoxy) is 1. The fourth-order valence-corrected chi connectivity index (χ4v) is 4.97. The van der Waals surface area contributed by atoms with Crippen molar-refractivity contribution in [3.05, 3.63) is 100 Å². The van der Waals surface area contributed by atoms with E-state index in [1.807, 2.05) is 41.3 Å². The normalized spacial score (nSPS) is 15.3. The summed E-state index contributed by atoms with van der Waals surface area (Å²) in [7, 11) is 0. The maximum atomic E-state index is 12.8. The van der Waals surface area contributed by atoms with Gasteiger partial charge < -0.3 is 15.0 Å². The van der Waals surface area contributed by atoms with Gasteiger partial charge in [-0.05, 0) is 54.4 Å². The van der Waals surface area contributed by atoms with Crippen LogP contribution < -0.4 is 5.32 Å². The standard InChI is InChI=1S/C26H23ClN2O4S/c1-2-33-26(32)21-5-3-4-6-22(21)28-24(31)18-9-11-19(12-10-18)25-29(23(30)16-34-25)15-17-7-13-20(27)14-8-17/h3-14,25H,2,15-16H2,1H3,(H,28,31)/t25-/m0/s1. The summed E-state index contributed by atoms with van der Waals surface area (Å²) in [5, 5.41) is 3.31. The van der Waals surface area contributed by atoms with Crippen molar-refractivity contribution >= 4 is 46.8 Å². The Balaban J connectivity index is 1.47. The smallest absolute Gasteiger partial charge is 0.340 e. The van der Waals surface area contributed by atoms with Crippen LogP contribution in [0.5, 0.6) is 0 Å². The van der Waals surface area contributed by atoms with E-state index in [-0.39, 0.29) is 23.8 Å². The molecule has 4 rings (SSSR count). The van der Waals surface area contributed by atoms with Crippen molar-refractivity contribution in [1.29, 1.82) is 0 Å². The highest BCUT2D eigenvalue weighted by Gasteiger charge is 2.32. The second-order valence-corrected chi connectivity index (χ2v) is 9.16. The van der Waals surface area contributed by atoms with E-state index in [2.05, 4.69) is 5.32 Å². The number of para-hydroxylation sites is 1. The fraction of sp³-hybridized carbons (Fsp3) is 0.192. The first-order valence-corrected chi connectivity index (χ1v) is 12.2. The highest BCUT2D eigenvalue weighted by molar-refractivity contribution is 8.00. The zero-order chi connectivity index (χ0) is 24.1. The quantitative estimate of drug-likeness (QED) is 0.436. The SMILES string of the molecule is CCOC(=O)c1ccccc1NC(=O)c1ccc([C@@H]2SCC(=O)N2Cc2ccc(Cl)cc2)cc1. The third kappa shape index (κ3) is 5.43. The largest absolute Gasteiger partial charge is 0.462 e. The number of rotatable bonds is 7. The molecule has 1 atom stereocenters. The molecular weight excluding hydrogens is 472 g/mol. The second-order valence-electron chi connectivity index (χ2n) is 7.65. The Morgan fingerprint density at radius 1 is 1.06 bits per heavy atom. The van der Waals surface area contributed by atoms with Crippen molar-refractivity contribution in [2.75, 3.05) is 17.7 Å². The topological polar surface area (TPSA) is 75.7 Å². The predicted octanol–water partition coefficient (Wildman–Crippen LogP) is 5.54. The number of benzene rings is 3. The van der Waals surface area contributed by atoms with Crippen LogP contribution in [0.3, 0.4) is 0 Å². The maximum Gasteiger partial charge on any atom is 0.340 e. The average Bonchev–Trinajstić information content (AvgIpc) is 3.21. The molecule has 1 aliphatic rings. The Bertz CT molecular complexity index is 1200. The van der Waals surface area contributed by atoms with Gasteiger partial charge in [0.05, 0.1) is 23.6 Å². The Labute approximate surface area is 207 Å². The van der Waals surface area contributed by atoms with E-state index in [1.165, 1.54) is 0 Å². The lowest BCUT2D eigenvalue weighted by Crippen LogP contribution is -2.27. The molecule has 0 spiro atoms. The molecule has 174 valence electrons. The number of halogens is 1. The molecule has 0 unspecified atom stereocenters. The molecule has 1 heterocycles. The molecule has 6 nitrogen and oxygen atoms in total. The van der Waals surface area contributed by atoms with Crippen molar-refractivity contribution in [3.63, 3.8) is 0 Å². The van der Waals surface area contributed by atoms with Crippen LogP contribution in [0.2, 0.25) is 5.02 Å². The van der Waals surface area contributed by atoms with E-state index >= 15 is 0 Å². The van der Waals surface area contributed by atoms with Gasteiger partial charge in [-0.1, -0.05) is 48.0 Å². The highest BCUT2D eigenvalue weighted by atomic mass is 35.5. The summed E-state index contributed by atoms with van der Waals surface area (Å²) in [6.45, 7) is 2.47. The lowest BCUT2D eigenvalue weighted by Gasteiger charge is -2.24. The number of anilines is 1. The molecule has 0 bridgehead atoms. The van der Waals surface area contributed by atoms with Crippen molar-refractivity contribution in [2.45, 2.75) is 18.8 Å². The Morgan fingerprint density at radius 2 is 1.76 bits per heavy atom. The number of carbonyl (C=O) groups excluding carboxylic acids is 3. The second kappa shape index (κ2) is 10.8. The van der Waals surface area contributed by atoms with Crippen LogP contribution in [0.1, 0.15) is 44.1 Å². The van der Waals surface area contributed by atoms with Crippen LogP contribution in [0.25, 0.3) is 0 Å². The fourth-order valence-electron chi connectivity index (χ4n) is 3.66. The molecule has 0 saturated carbocycles. The molecule has 8 heteroatoms. The van der Waals surface area contributed by atoms with E-state index in [0.29, 0.717) is 34.1 Å². The monoisotopic (exact) mass is 494 g/mol. The Hall–Kier alpha value is -3.29. The van der Waals surface area contributed by atoms with Gasteiger partial charge in [0.25, 0.3) is 5.91 Å². The summed E-state index contributed by atoms with van der Waals surface area (Å²) in [5.41, 5.74) is 3.07. The molecule has 1 saturated heterocycles. The number of esters is 1. The summed E-state index contributed by atoms with van der Waals surface area (Å²) in [5.74, 6) is -0.346. The van der Waals surface area contributed by atoms with E-state index in [0.717, 1.165) is 11.1 Å². The third-order valence-corrected chi connectivity index (χ3v) is 6.87. The average molecular weight is 495 g/mol. The molecule has 0 aliphatic carbocycles. The molecule has 2 amide bonds. The summed E-state index contributed by atoms with van der Waals surface area (Å²) in [4.78, 5) is 39.3. The van der Waals surface area contributed by atoms with Crippen LogP contribution in [-0.4, -0.2) is 35.0 Å². The molecule has 1 aliphatic heterocycles. The van der Waals surface area contributed by atoms with Crippen molar-refractivity contribution < 1.29 is 19.1 Å². The Morgan fingerprint density at radius 3 is 2.47 bits per heavy atom. The summed E-state index contributed by atoms with van der Waals surface area (Å²) >= 11 is 7.53. The lowest BCUT2D eigenvalue weighted by molar-refractivity contribution is -0.128. The van der Waals surface area contributed by atoms with Gasteiger partial charge in [-0.15, -0.1) is 11.8 Å². The van der Waals surface area contributed by atoms with Gasteiger partial charge in [-0.25, -0.2) is 4.79 Å². The Kier molecular flexibility index (Phi) is 7.55. The zero-order valence-electron chi connectivity index (χ0n) is 18.5. The molecule has 3 aromatic carbocycles. The summed E-state index contributed by atoms with van der Waals surface area (Å²) in [6.07, 6.45) is 0. The molecule has 1 N–H and O–H groups in total. The van der Waals surface area contributed by atoms with E-state index in [1.54, 1.807) is 55.1 Å². The number of thioether (sulfide) groups is 1. The van der Waals surface area contributed by atoms with Gasteiger partial charge >= 0.3 is 5.97 Å². The third-order valence-electron chi connectivity index (χ3n) is 5.36. The first kappa shape index (κ1) is 23.9. The van der Waals surface area contributed by atoms with Crippen LogP contribution in [0.15, 0.2) is 72.8 Å². The van der Waals surface area contributed by atoms with Crippen LogP contribution in [-0.2, 0) is 16.1 Å². The van der Waals surface area contributed by atoms with Gasteiger partial charge in [0.15, 0.2) is 0 Å². The minimum atomic E-state index is -0.488. The number of amides is 2. The van der Waals surface area contributed by atoms with Gasteiger partial charge in [0, 0.05) is 17.1 Å². The zero-order valence-corrected chi connectivity index (χ0v) is 20.1. The van der Waals surface area contributed by atoms with Crippen LogP contribution in [0.4, 0.5) is 5.69 Å². The molecule has 3 aromatic rings. The highest BCUT2D eigenvalue weighted by Crippen LogP contribution is 2.39. The number of carbonyl (C=O) groups is 3. The van der Waals surface area contributed by atoms with Gasteiger partial charge in [0.1, 0.15) is 5.37 Å². The van der Waals surface area contributed by atoms with Gasteiger partial charge in [-0.3, -0.25) is 9.59 Å². The van der Waals surface area contributed by atoms with Crippen molar-refractivity contribution in [3.8, 4) is 0 Å². The van der Waals surface area contributed by atoms with Gasteiger partial charge in [0.2, 0.25) is 5.91 Å². The predicted molar refractivity (Wildman–Crippen MR) is 134 cm³/mol. The maximum absolute atomic E-state index is 12.8. The van der Waals surface area contributed by atoms with Crippen LogP contribution in [0, 0.1) is 0 Å². The minimum absolute atomic E-state index is 0.0716. The van der Waals surface area contributed by atoms with Crippen molar-refractivity contribution in [2.24, 2.45) is 0 Å². The number of nitrogens with zero attached hydrogens (tertiary/aromatic N) is 1. The number of hydrogen-bond donors (Lipinski definition) is 1. The minimum Gasteiger partial charge on any atom is -0.462 e. The summed E-state index contributed by atoms with van der Waals surface area (Å²) < 4.78 is 5.06. The van der Waals surface area contributed by atoms with Crippen LogP contribution >= 0.6 is 23.4 Å². The first-order chi connectivity index (χ1) is 16.5. The van der Waals surface area contributed by atoms with E-state index < -0.39 is 5.97 Å².